The molecular weight excluding hydrogens is 214 g/mol. The average molecular weight is 233 g/mol. The number of fused-ring (bicyclic) bond motifs is 1. The van der Waals surface area contributed by atoms with Crippen LogP contribution in [0.3, 0.4) is 0 Å². The number of carbonyl (C=O) groups excluding carboxylic acids is 1. The maximum Gasteiger partial charge on any atom is 0.224 e. The molecule has 1 heterocycles. The van der Waals surface area contributed by atoms with E-state index in [1.807, 2.05) is 17.9 Å². The van der Waals surface area contributed by atoms with E-state index < -0.39 is 0 Å². The molecule has 0 fully saturated rings. The zero-order valence-corrected chi connectivity index (χ0v) is 10.2. The van der Waals surface area contributed by atoms with Crippen LogP contribution in [0, 0.1) is 0 Å². The molecule has 1 aliphatic heterocycles. The first-order chi connectivity index (χ1) is 8.24. The van der Waals surface area contributed by atoms with Gasteiger partial charge in [-0.25, -0.2) is 0 Å². The van der Waals surface area contributed by atoms with Crippen molar-refractivity contribution in [3.8, 4) is 0 Å². The van der Waals surface area contributed by atoms with Crippen molar-refractivity contribution in [3.63, 3.8) is 0 Å². The molecule has 1 aromatic carbocycles. The Morgan fingerprint density at radius 3 is 3.00 bits per heavy atom. The predicted molar refractivity (Wildman–Crippen MR) is 68.5 cm³/mol. The van der Waals surface area contributed by atoms with Crippen LogP contribution in [0.15, 0.2) is 18.2 Å². The molecule has 1 amide bonds. The van der Waals surface area contributed by atoms with E-state index in [-0.39, 0.29) is 5.91 Å². The summed E-state index contributed by atoms with van der Waals surface area (Å²) in [6.45, 7) is 4.67. The summed E-state index contributed by atoms with van der Waals surface area (Å²) in [5, 5.41) is 3.30. The van der Waals surface area contributed by atoms with Crippen molar-refractivity contribution in [1.82, 2.24) is 4.90 Å². The van der Waals surface area contributed by atoms with E-state index in [1.54, 1.807) is 0 Å². The van der Waals surface area contributed by atoms with Crippen LogP contribution in [0.1, 0.15) is 24.5 Å². The molecular formula is C13H19N3O. The number of nitrogens with one attached hydrogen (secondary N) is 1. The van der Waals surface area contributed by atoms with Crippen LogP contribution in [0.25, 0.3) is 0 Å². The van der Waals surface area contributed by atoms with Crippen molar-refractivity contribution < 1.29 is 4.79 Å². The molecule has 2 rings (SSSR count). The summed E-state index contributed by atoms with van der Waals surface area (Å²) in [6.07, 6.45) is 0.561. The number of anilines is 1. The first kappa shape index (κ1) is 11.9. The van der Waals surface area contributed by atoms with Gasteiger partial charge in [-0.15, -0.1) is 0 Å². The van der Waals surface area contributed by atoms with Crippen LogP contribution in [-0.2, 0) is 17.9 Å². The number of rotatable bonds is 2. The van der Waals surface area contributed by atoms with Crippen molar-refractivity contribution in [1.29, 1.82) is 0 Å². The van der Waals surface area contributed by atoms with Crippen molar-refractivity contribution in [2.45, 2.75) is 26.4 Å². The van der Waals surface area contributed by atoms with Crippen molar-refractivity contribution in [2.75, 3.05) is 18.4 Å². The minimum atomic E-state index is 0.212. The van der Waals surface area contributed by atoms with Crippen molar-refractivity contribution in [3.05, 3.63) is 29.3 Å². The van der Waals surface area contributed by atoms with Crippen molar-refractivity contribution in [2.24, 2.45) is 5.73 Å². The average Bonchev–Trinajstić information content (AvgIpc) is 2.34. The number of nitrogens with two attached hydrogens (primary N) is 1. The lowest BCUT2D eigenvalue weighted by molar-refractivity contribution is -0.131. The summed E-state index contributed by atoms with van der Waals surface area (Å²) in [5.41, 5.74) is 9.03. The molecule has 0 aliphatic carbocycles. The van der Waals surface area contributed by atoms with Gasteiger partial charge in [-0.2, -0.15) is 0 Å². The van der Waals surface area contributed by atoms with Gasteiger partial charge in [0.1, 0.15) is 0 Å². The second-order valence-electron chi connectivity index (χ2n) is 4.28. The minimum absolute atomic E-state index is 0.212. The van der Waals surface area contributed by atoms with Gasteiger partial charge in [0.15, 0.2) is 0 Å². The highest BCUT2D eigenvalue weighted by Crippen LogP contribution is 2.21. The summed E-state index contributed by atoms with van der Waals surface area (Å²) in [4.78, 5) is 13.7. The van der Waals surface area contributed by atoms with Gasteiger partial charge in [0.25, 0.3) is 0 Å². The first-order valence-electron chi connectivity index (χ1n) is 6.08. The normalized spacial score (nSPS) is 15.9. The van der Waals surface area contributed by atoms with E-state index >= 15 is 0 Å². The lowest BCUT2D eigenvalue weighted by atomic mass is 10.1. The molecule has 0 radical (unpaired) electrons. The second-order valence-corrected chi connectivity index (χ2v) is 4.28. The molecule has 0 saturated carbocycles. The van der Waals surface area contributed by atoms with Crippen molar-refractivity contribution >= 4 is 11.6 Å². The Labute approximate surface area is 102 Å². The van der Waals surface area contributed by atoms with Crippen LogP contribution in [0.4, 0.5) is 5.69 Å². The van der Waals surface area contributed by atoms with Crippen LogP contribution < -0.4 is 11.1 Å². The summed E-state index contributed by atoms with van der Waals surface area (Å²) >= 11 is 0. The van der Waals surface area contributed by atoms with E-state index in [2.05, 4.69) is 17.4 Å². The fourth-order valence-corrected chi connectivity index (χ4v) is 2.12. The highest BCUT2D eigenvalue weighted by molar-refractivity contribution is 5.77. The molecule has 1 aliphatic rings. The summed E-state index contributed by atoms with van der Waals surface area (Å²) in [6, 6.07) is 6.18. The maximum atomic E-state index is 11.8. The zero-order chi connectivity index (χ0) is 12.3. The van der Waals surface area contributed by atoms with Crippen LogP contribution in [-0.4, -0.2) is 23.9 Å². The fraction of sp³-hybridized carbons (Fsp3) is 0.462. The monoisotopic (exact) mass is 233 g/mol. The SMILES string of the molecule is CCN1Cc2cc(CN)ccc2NCCC1=O. The number of carbonyl (C=O) groups is 1. The summed E-state index contributed by atoms with van der Waals surface area (Å²) < 4.78 is 0. The van der Waals surface area contributed by atoms with E-state index in [0.29, 0.717) is 26.1 Å². The standard InChI is InChI=1S/C13H19N3O/c1-2-16-9-11-7-10(8-14)3-4-12(11)15-6-5-13(16)17/h3-4,7,15H,2,5-6,8-9,14H2,1H3. The molecule has 4 heteroatoms. The summed E-state index contributed by atoms with van der Waals surface area (Å²) in [7, 11) is 0. The molecule has 1 aromatic rings. The Morgan fingerprint density at radius 1 is 1.47 bits per heavy atom. The Kier molecular flexibility index (Phi) is 3.64. The highest BCUT2D eigenvalue weighted by Gasteiger charge is 2.17. The van der Waals surface area contributed by atoms with E-state index in [9.17, 15) is 4.79 Å². The van der Waals surface area contributed by atoms with Crippen LogP contribution in [0.5, 0.6) is 0 Å². The molecule has 0 bridgehead atoms. The van der Waals surface area contributed by atoms with Gasteiger partial charge in [0.05, 0.1) is 0 Å². The Hall–Kier alpha value is -1.55. The molecule has 0 unspecified atom stereocenters. The Morgan fingerprint density at radius 2 is 2.29 bits per heavy atom. The van der Waals surface area contributed by atoms with E-state index in [4.69, 9.17) is 5.73 Å². The van der Waals surface area contributed by atoms with Gasteiger partial charge >= 0.3 is 0 Å². The molecule has 0 spiro atoms. The molecule has 0 aromatic heterocycles. The number of benzene rings is 1. The molecule has 17 heavy (non-hydrogen) atoms. The topological polar surface area (TPSA) is 58.4 Å². The van der Waals surface area contributed by atoms with Gasteiger partial charge < -0.3 is 16.0 Å². The smallest absolute Gasteiger partial charge is 0.224 e. The fourth-order valence-electron chi connectivity index (χ4n) is 2.12. The number of hydrogen-bond donors (Lipinski definition) is 2. The molecule has 3 N–H and O–H groups in total. The van der Waals surface area contributed by atoms with Gasteiger partial charge in [-0.1, -0.05) is 12.1 Å². The lowest BCUT2D eigenvalue weighted by Crippen LogP contribution is -2.33. The third kappa shape index (κ3) is 2.58. The van der Waals surface area contributed by atoms with Gasteiger partial charge in [0.2, 0.25) is 5.91 Å². The zero-order valence-electron chi connectivity index (χ0n) is 10.2. The van der Waals surface area contributed by atoms with Crippen LogP contribution in [0.2, 0.25) is 0 Å². The summed E-state index contributed by atoms with van der Waals surface area (Å²) in [5.74, 6) is 0.212. The molecule has 0 saturated heterocycles. The largest absolute Gasteiger partial charge is 0.384 e. The molecule has 0 atom stereocenters. The second kappa shape index (κ2) is 5.19. The Balaban J connectivity index is 2.32. The predicted octanol–water partition coefficient (Wildman–Crippen LogP) is 1.31. The first-order valence-corrected chi connectivity index (χ1v) is 6.08. The number of hydrogen-bond acceptors (Lipinski definition) is 3. The van der Waals surface area contributed by atoms with Gasteiger partial charge in [-0.3, -0.25) is 4.79 Å². The Bertz CT molecular complexity index is 417. The molecule has 92 valence electrons. The number of nitrogens with zero attached hydrogens (tertiary/aromatic N) is 1. The third-order valence-corrected chi connectivity index (χ3v) is 3.16. The van der Waals surface area contributed by atoms with Gasteiger partial charge in [0, 0.05) is 38.3 Å². The van der Waals surface area contributed by atoms with E-state index in [0.717, 1.165) is 23.4 Å². The van der Waals surface area contributed by atoms with E-state index in [1.165, 1.54) is 0 Å². The maximum absolute atomic E-state index is 11.8. The number of amides is 1. The lowest BCUT2D eigenvalue weighted by Gasteiger charge is -2.26. The van der Waals surface area contributed by atoms with Gasteiger partial charge in [-0.05, 0) is 24.1 Å². The quantitative estimate of drug-likeness (QED) is 0.809. The van der Waals surface area contributed by atoms with Crippen LogP contribution >= 0.6 is 0 Å². The molecule has 4 nitrogen and oxygen atoms in total. The third-order valence-electron chi connectivity index (χ3n) is 3.16. The highest BCUT2D eigenvalue weighted by atomic mass is 16.2. The minimum Gasteiger partial charge on any atom is -0.384 e.